The van der Waals surface area contributed by atoms with Crippen LogP contribution in [-0.2, 0) is 0 Å². The lowest BCUT2D eigenvalue weighted by Gasteiger charge is -2.17. The van der Waals surface area contributed by atoms with Crippen molar-refractivity contribution in [2.75, 3.05) is 11.9 Å². The zero-order chi connectivity index (χ0) is 10.4. The van der Waals surface area contributed by atoms with Crippen molar-refractivity contribution < 1.29 is 0 Å². The summed E-state index contributed by atoms with van der Waals surface area (Å²) in [7, 11) is 0. The van der Waals surface area contributed by atoms with Crippen LogP contribution in [0.25, 0.3) is 0 Å². The summed E-state index contributed by atoms with van der Waals surface area (Å²) >= 11 is 0. The third-order valence-corrected chi connectivity index (χ3v) is 2.54. The fourth-order valence-electron chi connectivity index (χ4n) is 1.66. The van der Waals surface area contributed by atoms with Crippen LogP contribution in [0.5, 0.6) is 0 Å². The number of aromatic nitrogens is 2. The van der Waals surface area contributed by atoms with Crippen LogP contribution in [0.1, 0.15) is 46.1 Å². The van der Waals surface area contributed by atoms with Gasteiger partial charge in [-0.05, 0) is 19.3 Å². The Morgan fingerprint density at radius 2 is 2.07 bits per heavy atom. The molecule has 0 aromatic carbocycles. The minimum atomic E-state index is 0.580. The van der Waals surface area contributed by atoms with E-state index >= 15 is 0 Å². The number of hydrogen-bond acceptors (Lipinski definition) is 2. The first kappa shape index (κ1) is 11.1. The Balaban J connectivity index is 2.69. The van der Waals surface area contributed by atoms with E-state index < -0.39 is 0 Å². The largest absolute Gasteiger partial charge is 0.356 e. The van der Waals surface area contributed by atoms with Gasteiger partial charge in [0.2, 0.25) is 5.95 Å². The van der Waals surface area contributed by atoms with E-state index in [0.717, 1.165) is 31.8 Å². The molecule has 0 saturated carbocycles. The number of imidazole rings is 1. The van der Waals surface area contributed by atoms with Gasteiger partial charge in [0, 0.05) is 25.0 Å². The Labute approximate surface area is 86.5 Å². The number of rotatable bonds is 6. The van der Waals surface area contributed by atoms with Crippen LogP contribution in [0.4, 0.5) is 5.95 Å². The van der Waals surface area contributed by atoms with Crippen molar-refractivity contribution >= 4 is 5.95 Å². The quantitative estimate of drug-likeness (QED) is 0.756. The molecule has 0 aliphatic carbocycles. The van der Waals surface area contributed by atoms with Gasteiger partial charge < -0.3 is 9.88 Å². The van der Waals surface area contributed by atoms with Gasteiger partial charge in [0.1, 0.15) is 0 Å². The van der Waals surface area contributed by atoms with Crippen LogP contribution in [-0.4, -0.2) is 16.1 Å². The van der Waals surface area contributed by atoms with E-state index in [4.69, 9.17) is 0 Å². The molecule has 1 aromatic rings. The fourth-order valence-corrected chi connectivity index (χ4v) is 1.66. The molecule has 0 bridgehead atoms. The lowest BCUT2D eigenvalue weighted by Crippen LogP contribution is -2.12. The van der Waals surface area contributed by atoms with Gasteiger partial charge in [-0.2, -0.15) is 0 Å². The van der Waals surface area contributed by atoms with E-state index in [1.54, 1.807) is 0 Å². The Morgan fingerprint density at radius 1 is 1.36 bits per heavy atom. The second-order valence-electron chi connectivity index (χ2n) is 3.56. The molecule has 3 heteroatoms. The molecule has 1 heterocycles. The molecule has 0 spiro atoms. The van der Waals surface area contributed by atoms with Gasteiger partial charge in [-0.3, -0.25) is 0 Å². The molecule has 1 aromatic heterocycles. The highest BCUT2D eigenvalue weighted by Gasteiger charge is 2.09. The molecule has 0 radical (unpaired) electrons. The Kier molecular flexibility index (Phi) is 4.50. The molecule has 0 fully saturated rings. The Morgan fingerprint density at radius 3 is 2.64 bits per heavy atom. The summed E-state index contributed by atoms with van der Waals surface area (Å²) < 4.78 is 2.25. The molecule has 1 N–H and O–H groups in total. The monoisotopic (exact) mass is 195 g/mol. The van der Waals surface area contributed by atoms with Gasteiger partial charge in [0.05, 0.1) is 0 Å². The fraction of sp³-hybridized carbons (Fsp3) is 0.727. The minimum Gasteiger partial charge on any atom is -0.356 e. The van der Waals surface area contributed by atoms with E-state index in [1.807, 2.05) is 6.20 Å². The molecular weight excluding hydrogens is 174 g/mol. The predicted molar refractivity (Wildman–Crippen MR) is 60.6 cm³/mol. The van der Waals surface area contributed by atoms with Gasteiger partial charge in [0.25, 0.3) is 0 Å². The summed E-state index contributed by atoms with van der Waals surface area (Å²) in [6, 6.07) is 0.580. The third kappa shape index (κ3) is 2.50. The number of anilines is 1. The van der Waals surface area contributed by atoms with Gasteiger partial charge in [-0.1, -0.05) is 20.8 Å². The maximum atomic E-state index is 4.32. The predicted octanol–water partition coefficient (Wildman–Crippen LogP) is 3.07. The minimum absolute atomic E-state index is 0.580. The first-order valence-corrected chi connectivity index (χ1v) is 5.60. The van der Waals surface area contributed by atoms with Crippen molar-refractivity contribution in [3.63, 3.8) is 0 Å². The van der Waals surface area contributed by atoms with Crippen LogP contribution in [0, 0.1) is 0 Å². The van der Waals surface area contributed by atoms with Crippen molar-refractivity contribution in [3.8, 4) is 0 Å². The van der Waals surface area contributed by atoms with E-state index in [-0.39, 0.29) is 0 Å². The van der Waals surface area contributed by atoms with E-state index in [9.17, 15) is 0 Å². The van der Waals surface area contributed by atoms with Crippen molar-refractivity contribution in [1.82, 2.24) is 9.55 Å². The molecule has 0 unspecified atom stereocenters. The van der Waals surface area contributed by atoms with Crippen LogP contribution < -0.4 is 5.32 Å². The second-order valence-corrected chi connectivity index (χ2v) is 3.56. The Bertz CT molecular complexity index is 251. The highest BCUT2D eigenvalue weighted by Crippen LogP contribution is 2.19. The highest BCUT2D eigenvalue weighted by atomic mass is 15.2. The SMILES string of the molecule is CCCNc1nccn1C(CC)CC. The average molecular weight is 195 g/mol. The maximum Gasteiger partial charge on any atom is 0.203 e. The van der Waals surface area contributed by atoms with Crippen LogP contribution in [0.3, 0.4) is 0 Å². The van der Waals surface area contributed by atoms with Gasteiger partial charge in [-0.15, -0.1) is 0 Å². The molecule has 14 heavy (non-hydrogen) atoms. The topological polar surface area (TPSA) is 29.9 Å². The van der Waals surface area contributed by atoms with Crippen molar-refractivity contribution in [2.45, 2.75) is 46.1 Å². The number of hydrogen-bond donors (Lipinski definition) is 1. The van der Waals surface area contributed by atoms with Crippen molar-refractivity contribution in [3.05, 3.63) is 12.4 Å². The average Bonchev–Trinajstić information content (AvgIpc) is 2.65. The molecule has 0 atom stereocenters. The van der Waals surface area contributed by atoms with E-state index in [2.05, 4.69) is 41.8 Å². The lowest BCUT2D eigenvalue weighted by molar-refractivity contribution is 0.475. The molecule has 80 valence electrons. The standard InChI is InChI=1S/C11H21N3/c1-4-7-12-11-13-8-9-14(11)10(5-2)6-3/h8-10H,4-7H2,1-3H3,(H,12,13). The second kappa shape index (κ2) is 5.68. The maximum absolute atomic E-state index is 4.32. The summed E-state index contributed by atoms with van der Waals surface area (Å²) in [5.41, 5.74) is 0. The van der Waals surface area contributed by atoms with Gasteiger partial charge >= 0.3 is 0 Å². The lowest BCUT2D eigenvalue weighted by atomic mass is 10.2. The van der Waals surface area contributed by atoms with Crippen molar-refractivity contribution in [2.24, 2.45) is 0 Å². The molecule has 0 amide bonds. The van der Waals surface area contributed by atoms with Gasteiger partial charge in [-0.25, -0.2) is 4.98 Å². The summed E-state index contributed by atoms with van der Waals surface area (Å²) in [5, 5.41) is 3.34. The molecule has 0 aliphatic heterocycles. The molecule has 0 aliphatic rings. The smallest absolute Gasteiger partial charge is 0.203 e. The zero-order valence-corrected chi connectivity index (χ0v) is 9.45. The zero-order valence-electron chi connectivity index (χ0n) is 9.45. The number of nitrogens with one attached hydrogen (secondary N) is 1. The van der Waals surface area contributed by atoms with Crippen LogP contribution >= 0.6 is 0 Å². The van der Waals surface area contributed by atoms with E-state index in [1.165, 1.54) is 0 Å². The first-order valence-electron chi connectivity index (χ1n) is 5.60. The molecule has 0 saturated heterocycles. The normalized spacial score (nSPS) is 10.9. The van der Waals surface area contributed by atoms with Crippen molar-refractivity contribution in [1.29, 1.82) is 0 Å². The van der Waals surface area contributed by atoms with Crippen LogP contribution in [0.2, 0.25) is 0 Å². The third-order valence-electron chi connectivity index (χ3n) is 2.54. The Hall–Kier alpha value is -0.990. The summed E-state index contributed by atoms with van der Waals surface area (Å²) in [6.07, 6.45) is 7.39. The summed E-state index contributed by atoms with van der Waals surface area (Å²) in [6.45, 7) is 7.60. The summed E-state index contributed by atoms with van der Waals surface area (Å²) in [5.74, 6) is 1.01. The summed E-state index contributed by atoms with van der Waals surface area (Å²) in [4.78, 5) is 4.32. The molecule has 1 rings (SSSR count). The first-order chi connectivity index (χ1) is 6.83. The highest BCUT2D eigenvalue weighted by molar-refractivity contribution is 5.26. The van der Waals surface area contributed by atoms with Crippen LogP contribution in [0.15, 0.2) is 12.4 Å². The molecular formula is C11H21N3. The molecule has 3 nitrogen and oxygen atoms in total. The van der Waals surface area contributed by atoms with Gasteiger partial charge in [0.15, 0.2) is 0 Å². The number of nitrogens with zero attached hydrogens (tertiary/aromatic N) is 2. The van der Waals surface area contributed by atoms with E-state index in [0.29, 0.717) is 6.04 Å².